The number of fused-ring (bicyclic) bond motifs is 1. The van der Waals surface area contributed by atoms with E-state index >= 15 is 0 Å². The number of nitrogens with zero attached hydrogens (tertiary/aromatic N) is 3. The molecule has 150 valence electrons. The first kappa shape index (κ1) is 19.4. The van der Waals surface area contributed by atoms with Crippen molar-refractivity contribution >= 4 is 34.8 Å². The molecule has 0 saturated heterocycles. The molecule has 0 bridgehead atoms. The molecule has 28 heavy (non-hydrogen) atoms. The van der Waals surface area contributed by atoms with Gasteiger partial charge in [0.15, 0.2) is 0 Å². The highest BCUT2D eigenvalue weighted by atomic mass is 32.2. The molecule has 1 unspecified atom stereocenters. The lowest BCUT2D eigenvalue weighted by molar-refractivity contribution is 0.322. The van der Waals surface area contributed by atoms with Gasteiger partial charge in [0.05, 0.1) is 12.1 Å². The number of ether oxygens (including phenoxy) is 1. The molecule has 1 atom stereocenters. The summed E-state index contributed by atoms with van der Waals surface area (Å²) in [7, 11) is 0. The molecule has 1 saturated carbocycles. The summed E-state index contributed by atoms with van der Waals surface area (Å²) in [5, 5.41) is 4.72. The van der Waals surface area contributed by atoms with E-state index < -0.39 is 0 Å². The molecule has 2 aromatic rings. The first-order valence-electron chi connectivity index (χ1n) is 10.4. The summed E-state index contributed by atoms with van der Waals surface area (Å²) >= 11 is 1.86. The Bertz CT molecular complexity index is 838. The molecule has 1 aromatic carbocycles. The lowest BCUT2D eigenvalue weighted by atomic mass is 9.96. The number of benzene rings is 1. The highest BCUT2D eigenvalue weighted by molar-refractivity contribution is 7.98. The van der Waals surface area contributed by atoms with Crippen LogP contribution in [0.15, 0.2) is 40.4 Å². The minimum atomic E-state index is 0.0489. The zero-order valence-electron chi connectivity index (χ0n) is 16.6. The second-order valence-corrected chi connectivity index (χ2v) is 8.55. The van der Waals surface area contributed by atoms with E-state index in [0.29, 0.717) is 6.04 Å². The predicted octanol–water partition coefficient (Wildman–Crippen LogP) is 5.02. The molecule has 0 spiro atoms. The standard InChI is InChI=1S/C22H30N4OS/c1-28-16-6-15-27-20-10-5-9-19-18(20)12-14-26(19)21-11-13-23-22(25-21)24-17-7-3-2-4-8-17/h5,9-10,12-14,17,21H,2-4,6-8,11,15-16H2,1H3,(H,24,25). The van der Waals surface area contributed by atoms with Gasteiger partial charge in [-0.25, -0.2) is 9.98 Å². The van der Waals surface area contributed by atoms with Crippen LogP contribution in [0.1, 0.15) is 51.1 Å². The number of guanidine groups is 1. The van der Waals surface area contributed by atoms with E-state index in [1.807, 2.05) is 18.0 Å². The number of hydrogen-bond acceptors (Lipinski definition) is 5. The van der Waals surface area contributed by atoms with Gasteiger partial charge in [-0.2, -0.15) is 11.8 Å². The second kappa shape index (κ2) is 9.50. The third-order valence-corrected chi connectivity index (χ3v) is 6.23. The van der Waals surface area contributed by atoms with Crippen LogP contribution in [0.5, 0.6) is 5.75 Å². The lowest BCUT2D eigenvalue weighted by Gasteiger charge is -2.25. The summed E-state index contributed by atoms with van der Waals surface area (Å²) in [6, 6.07) is 8.96. The van der Waals surface area contributed by atoms with Crippen LogP contribution in [0.25, 0.3) is 10.9 Å². The van der Waals surface area contributed by atoms with Crippen molar-refractivity contribution in [2.24, 2.45) is 9.98 Å². The van der Waals surface area contributed by atoms with Crippen LogP contribution in [0.3, 0.4) is 0 Å². The van der Waals surface area contributed by atoms with E-state index in [4.69, 9.17) is 9.73 Å². The Balaban J connectivity index is 1.49. The third kappa shape index (κ3) is 4.54. The smallest absolute Gasteiger partial charge is 0.219 e. The van der Waals surface area contributed by atoms with Crippen molar-refractivity contribution in [1.29, 1.82) is 0 Å². The van der Waals surface area contributed by atoms with Crippen LogP contribution in [0.2, 0.25) is 0 Å². The molecule has 4 rings (SSSR count). The molecule has 1 aliphatic heterocycles. The Hall–Kier alpha value is -1.95. The summed E-state index contributed by atoms with van der Waals surface area (Å²) in [6.07, 6.45) is 14.6. The molecule has 1 N–H and O–H groups in total. The molecule has 0 amide bonds. The maximum atomic E-state index is 6.04. The zero-order valence-corrected chi connectivity index (χ0v) is 17.5. The second-order valence-electron chi connectivity index (χ2n) is 7.57. The monoisotopic (exact) mass is 398 g/mol. The minimum Gasteiger partial charge on any atom is -0.493 e. The highest BCUT2D eigenvalue weighted by Crippen LogP contribution is 2.30. The topological polar surface area (TPSA) is 50.9 Å². The normalized spacial score (nSPS) is 20.3. The number of hydrogen-bond donors (Lipinski definition) is 1. The van der Waals surface area contributed by atoms with Gasteiger partial charge >= 0.3 is 0 Å². The Labute approximate surface area is 171 Å². The van der Waals surface area contributed by atoms with Crippen LogP contribution in [-0.4, -0.2) is 41.4 Å². The molecule has 0 radical (unpaired) electrons. The average Bonchev–Trinajstić information content (AvgIpc) is 3.17. The number of aliphatic imine (C=N–C) groups is 2. The molecule has 1 fully saturated rings. The predicted molar refractivity (Wildman–Crippen MR) is 120 cm³/mol. The Morgan fingerprint density at radius 1 is 1.21 bits per heavy atom. The lowest BCUT2D eigenvalue weighted by Crippen LogP contribution is -2.36. The van der Waals surface area contributed by atoms with E-state index in [2.05, 4.69) is 51.6 Å². The summed E-state index contributed by atoms with van der Waals surface area (Å²) in [4.78, 5) is 9.42. The Morgan fingerprint density at radius 2 is 2.11 bits per heavy atom. The molecule has 1 aliphatic carbocycles. The molecule has 2 aliphatic rings. The molecule has 5 nitrogen and oxygen atoms in total. The van der Waals surface area contributed by atoms with Crippen molar-refractivity contribution in [1.82, 2.24) is 9.88 Å². The van der Waals surface area contributed by atoms with Crippen LogP contribution in [-0.2, 0) is 0 Å². The quantitative estimate of drug-likeness (QED) is 0.666. The number of rotatable bonds is 7. The van der Waals surface area contributed by atoms with Gasteiger partial charge in [-0.05, 0) is 49.5 Å². The van der Waals surface area contributed by atoms with E-state index in [-0.39, 0.29) is 6.17 Å². The summed E-state index contributed by atoms with van der Waals surface area (Å²) < 4.78 is 8.29. The van der Waals surface area contributed by atoms with Crippen molar-refractivity contribution in [3.8, 4) is 5.75 Å². The van der Waals surface area contributed by atoms with E-state index in [9.17, 15) is 0 Å². The third-order valence-electron chi connectivity index (χ3n) is 5.53. The molecule has 1 aromatic heterocycles. The first-order chi connectivity index (χ1) is 13.8. The van der Waals surface area contributed by atoms with E-state index in [0.717, 1.165) is 42.3 Å². The van der Waals surface area contributed by atoms with Gasteiger partial charge in [0.25, 0.3) is 0 Å². The molecule has 6 heteroatoms. The maximum absolute atomic E-state index is 6.04. The van der Waals surface area contributed by atoms with Gasteiger partial charge in [0, 0.05) is 30.3 Å². The Kier molecular flexibility index (Phi) is 6.57. The molecule has 2 heterocycles. The SMILES string of the molecule is CSCCCOc1cccc2c1ccn2C1CC=NC(NC2CCCCC2)=N1. The number of aromatic nitrogens is 1. The van der Waals surface area contributed by atoms with Gasteiger partial charge in [0.1, 0.15) is 11.9 Å². The van der Waals surface area contributed by atoms with E-state index in [1.165, 1.54) is 37.6 Å². The van der Waals surface area contributed by atoms with Crippen LogP contribution < -0.4 is 10.1 Å². The fraction of sp³-hybridized carbons (Fsp3) is 0.545. The maximum Gasteiger partial charge on any atom is 0.219 e. The summed E-state index contributed by atoms with van der Waals surface area (Å²) in [5.41, 5.74) is 1.17. The van der Waals surface area contributed by atoms with Crippen LogP contribution in [0, 0.1) is 0 Å². The van der Waals surface area contributed by atoms with Gasteiger partial charge < -0.3 is 14.6 Å². The number of nitrogens with one attached hydrogen (secondary N) is 1. The molecular weight excluding hydrogens is 368 g/mol. The number of thioether (sulfide) groups is 1. The van der Waals surface area contributed by atoms with Crippen LogP contribution in [0.4, 0.5) is 0 Å². The fourth-order valence-corrected chi connectivity index (χ4v) is 4.48. The van der Waals surface area contributed by atoms with Crippen molar-refractivity contribution < 1.29 is 4.74 Å². The molecular formula is C22H30N4OS. The van der Waals surface area contributed by atoms with Crippen molar-refractivity contribution in [2.75, 3.05) is 18.6 Å². The van der Waals surface area contributed by atoms with Gasteiger partial charge in [-0.3, -0.25) is 0 Å². The van der Waals surface area contributed by atoms with Crippen molar-refractivity contribution in [2.45, 2.75) is 57.2 Å². The Morgan fingerprint density at radius 3 is 2.96 bits per heavy atom. The van der Waals surface area contributed by atoms with Crippen LogP contribution >= 0.6 is 11.8 Å². The summed E-state index contributed by atoms with van der Waals surface area (Å²) in [5.74, 6) is 2.88. The van der Waals surface area contributed by atoms with Gasteiger partial charge in [-0.15, -0.1) is 0 Å². The minimum absolute atomic E-state index is 0.0489. The summed E-state index contributed by atoms with van der Waals surface area (Å²) in [6.45, 7) is 0.759. The first-order valence-corrected chi connectivity index (χ1v) is 11.8. The van der Waals surface area contributed by atoms with Crippen molar-refractivity contribution in [3.05, 3.63) is 30.5 Å². The highest BCUT2D eigenvalue weighted by Gasteiger charge is 2.19. The largest absolute Gasteiger partial charge is 0.493 e. The van der Waals surface area contributed by atoms with Gasteiger partial charge in [0.2, 0.25) is 5.96 Å². The zero-order chi connectivity index (χ0) is 19.2. The van der Waals surface area contributed by atoms with E-state index in [1.54, 1.807) is 0 Å². The van der Waals surface area contributed by atoms with Gasteiger partial charge in [-0.1, -0.05) is 25.3 Å². The average molecular weight is 399 g/mol. The van der Waals surface area contributed by atoms with Crippen molar-refractivity contribution in [3.63, 3.8) is 0 Å². The fourth-order valence-electron chi connectivity index (χ4n) is 4.07.